The Balaban J connectivity index is 1.74. The van der Waals surface area contributed by atoms with E-state index in [-0.39, 0.29) is 5.56 Å². The van der Waals surface area contributed by atoms with E-state index in [1.54, 1.807) is 22.5 Å². The fraction of sp³-hybridized carbons (Fsp3) is 0.143. The minimum absolute atomic E-state index is 0.106. The number of hydrogen-bond acceptors (Lipinski definition) is 5. The zero-order chi connectivity index (χ0) is 20.0. The van der Waals surface area contributed by atoms with E-state index in [0.717, 1.165) is 27.7 Å². The van der Waals surface area contributed by atoms with Crippen LogP contribution in [-0.4, -0.2) is 28.7 Å². The maximum Gasteiger partial charge on any atom is 0.267 e. The third-order valence-electron chi connectivity index (χ3n) is 4.94. The molecule has 0 atom stereocenters. The van der Waals surface area contributed by atoms with Crippen molar-refractivity contribution < 1.29 is 0 Å². The number of aryl methyl sites for hydroxylation is 2. The quantitative estimate of drug-likeness (QED) is 0.431. The molecule has 2 aromatic carbocycles. The van der Waals surface area contributed by atoms with Crippen LogP contribution in [0.15, 0.2) is 70.9 Å². The monoisotopic (exact) mass is 402 g/mol. The minimum atomic E-state index is -0.106. The first kappa shape index (κ1) is 17.7. The van der Waals surface area contributed by atoms with Gasteiger partial charge in [0, 0.05) is 19.4 Å². The van der Waals surface area contributed by atoms with Crippen molar-refractivity contribution in [1.29, 1.82) is 0 Å². The van der Waals surface area contributed by atoms with Gasteiger partial charge < -0.3 is 4.57 Å². The van der Waals surface area contributed by atoms with Gasteiger partial charge in [-0.15, -0.1) is 10.2 Å². The molecule has 3 heterocycles. The number of aromatic nitrogens is 6. The molecule has 0 N–H and O–H groups in total. The lowest BCUT2D eigenvalue weighted by molar-refractivity contribution is 0.845. The molecule has 0 saturated carbocycles. The van der Waals surface area contributed by atoms with Gasteiger partial charge in [0.2, 0.25) is 5.78 Å². The molecule has 5 aromatic rings. The summed E-state index contributed by atoms with van der Waals surface area (Å²) in [5.41, 5.74) is 2.59. The number of hydrogen-bond donors (Lipinski definition) is 0. The largest absolute Gasteiger partial charge is 0.337 e. The van der Waals surface area contributed by atoms with Crippen LogP contribution >= 0.6 is 11.8 Å². The van der Waals surface area contributed by atoms with E-state index in [2.05, 4.69) is 15.2 Å². The Labute approximate surface area is 170 Å². The number of nitrogens with zero attached hydrogens (tertiary/aromatic N) is 6. The van der Waals surface area contributed by atoms with Crippen LogP contribution in [0.1, 0.15) is 11.4 Å². The summed E-state index contributed by atoms with van der Waals surface area (Å²) in [6.45, 7) is 2.02. The molecule has 144 valence electrons. The summed E-state index contributed by atoms with van der Waals surface area (Å²) in [6, 6.07) is 15.4. The molecule has 29 heavy (non-hydrogen) atoms. The molecule has 7 nitrogen and oxygen atoms in total. The van der Waals surface area contributed by atoms with Crippen LogP contribution in [0, 0.1) is 6.92 Å². The van der Waals surface area contributed by atoms with Crippen molar-refractivity contribution in [3.8, 4) is 5.69 Å². The third-order valence-corrected chi connectivity index (χ3v) is 5.86. The van der Waals surface area contributed by atoms with Crippen LogP contribution in [0.5, 0.6) is 0 Å². The topological polar surface area (TPSA) is 70.0 Å². The zero-order valence-electron chi connectivity index (χ0n) is 16.0. The molecule has 0 fully saturated rings. The summed E-state index contributed by atoms with van der Waals surface area (Å²) in [7, 11) is 1.97. The first-order valence-electron chi connectivity index (χ1n) is 9.18. The predicted molar refractivity (Wildman–Crippen MR) is 114 cm³/mol. The van der Waals surface area contributed by atoms with E-state index in [0.29, 0.717) is 16.9 Å². The van der Waals surface area contributed by atoms with Gasteiger partial charge in [0.15, 0.2) is 5.16 Å². The fourth-order valence-electron chi connectivity index (χ4n) is 3.36. The summed E-state index contributed by atoms with van der Waals surface area (Å²) < 4.78 is 5.56. The first-order valence-corrected chi connectivity index (χ1v) is 10.2. The first-order chi connectivity index (χ1) is 14.1. The van der Waals surface area contributed by atoms with Gasteiger partial charge in [-0.2, -0.15) is 0 Å². The van der Waals surface area contributed by atoms with E-state index in [4.69, 9.17) is 0 Å². The number of fused-ring (bicyclic) bond motifs is 3. The number of imidazole rings is 1. The Kier molecular flexibility index (Phi) is 4.21. The molecule has 3 aromatic heterocycles. The van der Waals surface area contributed by atoms with Crippen LogP contribution in [0.3, 0.4) is 0 Å². The van der Waals surface area contributed by atoms with Crippen LogP contribution < -0.4 is 5.56 Å². The van der Waals surface area contributed by atoms with Crippen molar-refractivity contribution in [3.05, 3.63) is 82.7 Å². The SMILES string of the molecule is Cc1ccc(-n2c(=O)c3ccccc3n3c(SCc4nccn4C)nnc23)cc1. The van der Waals surface area contributed by atoms with Gasteiger partial charge in [-0.25, -0.2) is 9.55 Å². The summed E-state index contributed by atoms with van der Waals surface area (Å²) in [4.78, 5) is 17.7. The molecule has 0 radical (unpaired) electrons. The highest BCUT2D eigenvalue weighted by Gasteiger charge is 2.18. The van der Waals surface area contributed by atoms with E-state index >= 15 is 0 Å². The Hall–Kier alpha value is -3.39. The summed E-state index contributed by atoms with van der Waals surface area (Å²) in [5.74, 6) is 2.10. The lowest BCUT2D eigenvalue weighted by atomic mass is 10.2. The van der Waals surface area contributed by atoms with Crippen molar-refractivity contribution in [2.45, 2.75) is 17.8 Å². The van der Waals surface area contributed by atoms with Crippen molar-refractivity contribution in [2.75, 3.05) is 0 Å². The van der Waals surface area contributed by atoms with E-state index in [9.17, 15) is 4.79 Å². The average molecular weight is 402 g/mol. The second-order valence-corrected chi connectivity index (χ2v) is 7.80. The normalized spacial score (nSPS) is 11.5. The van der Waals surface area contributed by atoms with Gasteiger partial charge in [-0.3, -0.25) is 9.20 Å². The van der Waals surface area contributed by atoms with Crippen LogP contribution in [0.2, 0.25) is 0 Å². The summed E-state index contributed by atoms with van der Waals surface area (Å²) in [6.07, 6.45) is 3.70. The highest BCUT2D eigenvalue weighted by Crippen LogP contribution is 2.25. The average Bonchev–Trinajstić information content (AvgIpc) is 3.34. The lowest BCUT2D eigenvalue weighted by Crippen LogP contribution is -2.21. The Morgan fingerprint density at radius 1 is 1.03 bits per heavy atom. The highest BCUT2D eigenvalue weighted by atomic mass is 32.2. The van der Waals surface area contributed by atoms with Gasteiger partial charge >= 0.3 is 0 Å². The Bertz CT molecular complexity index is 1400. The summed E-state index contributed by atoms with van der Waals surface area (Å²) in [5, 5.41) is 10.1. The standard InChI is InChI=1S/C21H18N6OS/c1-14-7-9-15(10-8-14)26-19(28)16-5-3-4-6-17(16)27-20(26)23-24-21(27)29-13-18-22-11-12-25(18)2/h3-12H,13H2,1-2H3. The van der Waals surface area contributed by atoms with Crippen LogP contribution in [0.4, 0.5) is 0 Å². The van der Waals surface area contributed by atoms with Crippen molar-refractivity contribution in [1.82, 2.24) is 28.7 Å². The van der Waals surface area contributed by atoms with Gasteiger partial charge in [-0.05, 0) is 31.2 Å². The number of benzene rings is 2. The molecule has 0 amide bonds. The zero-order valence-corrected chi connectivity index (χ0v) is 16.8. The molecule has 0 unspecified atom stereocenters. The second kappa shape index (κ2) is 6.89. The number of thioether (sulfide) groups is 1. The van der Waals surface area contributed by atoms with Gasteiger partial charge in [0.05, 0.1) is 22.3 Å². The van der Waals surface area contributed by atoms with E-state index in [1.165, 1.54) is 0 Å². The summed E-state index contributed by atoms with van der Waals surface area (Å²) >= 11 is 1.55. The molecule has 0 spiro atoms. The molecule has 0 bridgehead atoms. The Morgan fingerprint density at radius 3 is 2.59 bits per heavy atom. The van der Waals surface area contributed by atoms with Crippen LogP contribution in [0.25, 0.3) is 22.4 Å². The van der Waals surface area contributed by atoms with Gasteiger partial charge in [0.1, 0.15) is 5.82 Å². The molecular weight excluding hydrogens is 384 g/mol. The lowest BCUT2D eigenvalue weighted by Gasteiger charge is -2.11. The fourth-order valence-corrected chi connectivity index (χ4v) is 4.31. The van der Waals surface area contributed by atoms with E-state index in [1.807, 2.05) is 77.7 Å². The van der Waals surface area contributed by atoms with Crippen molar-refractivity contribution >= 4 is 28.4 Å². The maximum atomic E-state index is 13.3. The minimum Gasteiger partial charge on any atom is -0.337 e. The highest BCUT2D eigenvalue weighted by molar-refractivity contribution is 7.98. The second-order valence-electron chi connectivity index (χ2n) is 6.85. The predicted octanol–water partition coefficient (Wildman–Crippen LogP) is 3.37. The Morgan fingerprint density at radius 2 is 1.83 bits per heavy atom. The third kappa shape index (κ3) is 2.92. The van der Waals surface area contributed by atoms with Gasteiger partial charge in [0.25, 0.3) is 5.56 Å². The molecule has 0 aliphatic heterocycles. The van der Waals surface area contributed by atoms with Crippen molar-refractivity contribution in [2.24, 2.45) is 7.05 Å². The van der Waals surface area contributed by atoms with Crippen molar-refractivity contribution in [3.63, 3.8) is 0 Å². The van der Waals surface area contributed by atoms with Gasteiger partial charge in [-0.1, -0.05) is 41.6 Å². The maximum absolute atomic E-state index is 13.3. The molecule has 0 aliphatic carbocycles. The molecule has 0 aliphatic rings. The number of para-hydroxylation sites is 1. The van der Waals surface area contributed by atoms with Crippen LogP contribution in [-0.2, 0) is 12.8 Å². The number of rotatable bonds is 4. The molecular formula is C21H18N6OS. The molecule has 0 saturated heterocycles. The van der Waals surface area contributed by atoms with E-state index < -0.39 is 0 Å². The smallest absolute Gasteiger partial charge is 0.267 e. The molecule has 8 heteroatoms. The molecule has 5 rings (SSSR count).